The second-order valence-electron chi connectivity index (χ2n) is 3.15. The number of nitrogens with two attached hydrogens (primary N) is 1. The molecule has 1 rings (SSSR count). The van der Waals surface area contributed by atoms with Gasteiger partial charge in [0, 0.05) is 5.02 Å². The van der Waals surface area contributed by atoms with Gasteiger partial charge < -0.3 is 5.73 Å². The molecule has 0 radical (unpaired) electrons. The molecule has 0 spiro atoms. The topological polar surface area (TPSA) is 26.0 Å². The Kier molecular flexibility index (Phi) is 3.44. The third-order valence-corrected chi connectivity index (χ3v) is 2.25. The Balaban J connectivity index is 3.02. The highest BCUT2D eigenvalue weighted by Gasteiger charge is 2.61. The van der Waals surface area contributed by atoms with Gasteiger partial charge in [0.2, 0.25) is 0 Å². The van der Waals surface area contributed by atoms with Crippen LogP contribution in [-0.4, -0.2) is 12.1 Å². The highest BCUT2D eigenvalue weighted by Crippen LogP contribution is 2.43. The molecule has 0 fully saturated rings. The molecule has 7 heteroatoms. The third-order valence-electron chi connectivity index (χ3n) is 2.00. The van der Waals surface area contributed by atoms with E-state index in [1.54, 1.807) is 0 Å². The zero-order valence-corrected chi connectivity index (χ0v) is 8.49. The van der Waals surface area contributed by atoms with E-state index in [0.717, 1.165) is 12.1 Å². The number of halogens is 6. The van der Waals surface area contributed by atoms with Crippen molar-refractivity contribution in [2.45, 2.75) is 18.1 Å². The summed E-state index contributed by atoms with van der Waals surface area (Å²) in [6, 6.07) is 2.02. The fourth-order valence-corrected chi connectivity index (χ4v) is 1.18. The van der Waals surface area contributed by atoms with Gasteiger partial charge >= 0.3 is 12.1 Å². The smallest absolute Gasteiger partial charge is 0.319 e. The van der Waals surface area contributed by atoms with Gasteiger partial charge in [-0.1, -0.05) is 23.7 Å². The Morgan fingerprint density at radius 3 is 1.81 bits per heavy atom. The predicted octanol–water partition coefficient (Wildman–Crippen LogP) is 3.54. The summed E-state index contributed by atoms with van der Waals surface area (Å²) in [6.45, 7) is 0. The van der Waals surface area contributed by atoms with E-state index in [1.807, 2.05) is 0 Å². The number of benzene rings is 1. The minimum Gasteiger partial charge on any atom is -0.319 e. The molecule has 0 aliphatic carbocycles. The second-order valence-corrected chi connectivity index (χ2v) is 3.59. The minimum atomic E-state index is -5.67. The molecule has 16 heavy (non-hydrogen) atoms. The third kappa shape index (κ3) is 2.44. The van der Waals surface area contributed by atoms with Gasteiger partial charge in [0.05, 0.1) is 0 Å². The first kappa shape index (κ1) is 13.2. The Morgan fingerprint density at radius 1 is 1.00 bits per heavy atom. The quantitative estimate of drug-likeness (QED) is 0.808. The molecule has 0 aromatic heterocycles. The van der Waals surface area contributed by atoms with Crippen LogP contribution in [-0.2, 0) is 0 Å². The van der Waals surface area contributed by atoms with Crippen molar-refractivity contribution < 1.29 is 22.0 Å². The molecular weight excluding hydrogens is 253 g/mol. The first-order valence-corrected chi connectivity index (χ1v) is 4.49. The first-order chi connectivity index (χ1) is 7.16. The Morgan fingerprint density at radius 2 is 1.44 bits per heavy atom. The molecule has 2 N–H and O–H groups in total. The van der Waals surface area contributed by atoms with Gasteiger partial charge in [-0.15, -0.1) is 0 Å². The summed E-state index contributed by atoms with van der Waals surface area (Å²) in [5.41, 5.74) is 4.57. The molecular formula is C9H7ClF5N. The summed E-state index contributed by atoms with van der Waals surface area (Å²) in [7, 11) is 0. The molecule has 0 saturated carbocycles. The highest BCUT2D eigenvalue weighted by atomic mass is 35.5. The SMILES string of the molecule is N[C@@H](c1ccc(Cl)cc1)C(F)(F)C(F)(F)F. The molecule has 0 saturated heterocycles. The Labute approximate surface area is 93.0 Å². The van der Waals surface area contributed by atoms with Gasteiger partial charge in [-0.3, -0.25) is 0 Å². The molecule has 0 aliphatic heterocycles. The lowest BCUT2D eigenvalue weighted by atomic mass is 10.0. The molecule has 0 bridgehead atoms. The number of hydrogen-bond donors (Lipinski definition) is 1. The van der Waals surface area contributed by atoms with E-state index in [4.69, 9.17) is 17.3 Å². The van der Waals surface area contributed by atoms with Gasteiger partial charge in [-0.2, -0.15) is 22.0 Å². The number of hydrogen-bond acceptors (Lipinski definition) is 1. The van der Waals surface area contributed by atoms with Gasteiger partial charge in [0.25, 0.3) is 0 Å². The van der Waals surface area contributed by atoms with Gasteiger partial charge in [0.1, 0.15) is 6.04 Å². The maximum absolute atomic E-state index is 12.8. The van der Waals surface area contributed by atoms with Crippen molar-refractivity contribution in [3.05, 3.63) is 34.9 Å². The minimum absolute atomic E-state index is 0.228. The van der Waals surface area contributed by atoms with Gasteiger partial charge in [-0.05, 0) is 17.7 Å². The summed E-state index contributed by atoms with van der Waals surface area (Å²) in [5.74, 6) is -4.97. The monoisotopic (exact) mass is 259 g/mol. The van der Waals surface area contributed by atoms with Crippen molar-refractivity contribution in [3.8, 4) is 0 Å². The molecule has 1 aromatic rings. The van der Waals surface area contributed by atoms with Crippen molar-refractivity contribution in [2.75, 3.05) is 0 Å². The lowest BCUT2D eigenvalue weighted by molar-refractivity contribution is -0.291. The van der Waals surface area contributed by atoms with Crippen LogP contribution in [0.4, 0.5) is 22.0 Å². The largest absolute Gasteiger partial charge is 0.455 e. The van der Waals surface area contributed by atoms with Crippen molar-refractivity contribution >= 4 is 11.6 Å². The van der Waals surface area contributed by atoms with E-state index in [-0.39, 0.29) is 10.6 Å². The standard InChI is InChI=1S/C9H7ClF5N/c10-6-3-1-5(2-4-6)7(16)8(11,12)9(13,14)15/h1-4,7H,16H2/t7-/m0/s1. The average Bonchev–Trinajstić information content (AvgIpc) is 2.16. The molecule has 1 nitrogen and oxygen atoms in total. The fourth-order valence-electron chi connectivity index (χ4n) is 1.06. The maximum Gasteiger partial charge on any atom is 0.455 e. The van der Waals surface area contributed by atoms with E-state index >= 15 is 0 Å². The van der Waals surface area contributed by atoms with Crippen LogP contribution >= 0.6 is 11.6 Å². The van der Waals surface area contributed by atoms with Crippen molar-refractivity contribution in [1.82, 2.24) is 0 Å². The summed E-state index contributed by atoms with van der Waals surface area (Å²) in [5, 5.41) is 0.228. The van der Waals surface area contributed by atoms with Gasteiger partial charge in [-0.25, -0.2) is 0 Å². The van der Waals surface area contributed by atoms with E-state index in [9.17, 15) is 22.0 Å². The van der Waals surface area contributed by atoms with Crippen LogP contribution in [0.15, 0.2) is 24.3 Å². The molecule has 0 aliphatic rings. The zero-order valence-electron chi connectivity index (χ0n) is 7.73. The summed E-state index contributed by atoms with van der Waals surface area (Å²) in [6.07, 6.45) is -5.67. The number of alkyl halides is 5. The fraction of sp³-hybridized carbons (Fsp3) is 0.333. The normalized spacial score (nSPS) is 14.9. The van der Waals surface area contributed by atoms with Crippen LogP contribution < -0.4 is 5.73 Å². The molecule has 0 unspecified atom stereocenters. The van der Waals surface area contributed by atoms with E-state index in [0.29, 0.717) is 0 Å². The van der Waals surface area contributed by atoms with Crippen molar-refractivity contribution in [3.63, 3.8) is 0 Å². The van der Waals surface area contributed by atoms with Crippen LogP contribution in [0.3, 0.4) is 0 Å². The summed E-state index contributed by atoms with van der Waals surface area (Å²) in [4.78, 5) is 0. The molecule has 1 aromatic carbocycles. The maximum atomic E-state index is 12.8. The molecule has 90 valence electrons. The second kappa shape index (κ2) is 4.18. The van der Waals surface area contributed by atoms with Crippen LogP contribution in [0.1, 0.15) is 11.6 Å². The summed E-state index contributed by atoms with van der Waals surface area (Å²) < 4.78 is 61.6. The van der Waals surface area contributed by atoms with E-state index in [2.05, 4.69) is 0 Å². The summed E-state index contributed by atoms with van der Waals surface area (Å²) >= 11 is 5.47. The van der Waals surface area contributed by atoms with Crippen LogP contribution in [0.25, 0.3) is 0 Å². The van der Waals surface area contributed by atoms with E-state index in [1.165, 1.54) is 12.1 Å². The Bertz CT molecular complexity index is 359. The zero-order chi connectivity index (χ0) is 12.6. The van der Waals surface area contributed by atoms with Crippen molar-refractivity contribution in [1.29, 1.82) is 0 Å². The highest BCUT2D eigenvalue weighted by molar-refractivity contribution is 6.30. The molecule has 1 atom stereocenters. The molecule has 0 heterocycles. The van der Waals surface area contributed by atoms with Crippen LogP contribution in [0.5, 0.6) is 0 Å². The van der Waals surface area contributed by atoms with Gasteiger partial charge in [0.15, 0.2) is 0 Å². The number of rotatable bonds is 2. The van der Waals surface area contributed by atoms with Crippen LogP contribution in [0.2, 0.25) is 5.02 Å². The lowest BCUT2D eigenvalue weighted by Gasteiger charge is -2.25. The van der Waals surface area contributed by atoms with Crippen LogP contribution in [0, 0.1) is 0 Å². The van der Waals surface area contributed by atoms with Crippen molar-refractivity contribution in [2.24, 2.45) is 5.73 Å². The predicted molar refractivity (Wildman–Crippen MR) is 49.4 cm³/mol. The lowest BCUT2D eigenvalue weighted by Crippen LogP contribution is -2.45. The average molecular weight is 260 g/mol. The first-order valence-electron chi connectivity index (χ1n) is 4.12. The Hall–Kier alpha value is -0.880. The van der Waals surface area contributed by atoms with E-state index < -0.39 is 18.1 Å². The molecule has 0 amide bonds.